The summed E-state index contributed by atoms with van der Waals surface area (Å²) in [6, 6.07) is 11.9. The van der Waals surface area contributed by atoms with Crippen LogP contribution in [0.4, 0.5) is 23.7 Å². The van der Waals surface area contributed by atoms with Crippen LogP contribution in [0, 0.1) is 0 Å². The zero-order chi connectivity index (χ0) is 27.8. The van der Waals surface area contributed by atoms with Crippen LogP contribution in [0.25, 0.3) is 0 Å². The minimum atomic E-state index is -5.66. The fraction of sp³-hybridized carbons (Fsp3) is 0.480. The van der Waals surface area contributed by atoms with Crippen LogP contribution < -0.4 is 9.46 Å². The third kappa shape index (κ3) is 6.67. The van der Waals surface area contributed by atoms with Crippen molar-refractivity contribution in [2.24, 2.45) is 0 Å². The first kappa shape index (κ1) is 28.6. The Bertz CT molecular complexity index is 1230. The maximum Gasteiger partial charge on any atom is 0.516 e. The summed E-state index contributed by atoms with van der Waals surface area (Å²) in [5.74, 6) is 0.0240. The van der Waals surface area contributed by atoms with Crippen LogP contribution in [0.1, 0.15) is 51.8 Å². The van der Waals surface area contributed by atoms with E-state index in [-0.39, 0.29) is 18.0 Å². The van der Waals surface area contributed by atoms with E-state index in [1.165, 1.54) is 15.7 Å². The number of fused-ring (bicyclic) bond motifs is 1. The predicted molar refractivity (Wildman–Crippen MR) is 132 cm³/mol. The van der Waals surface area contributed by atoms with E-state index in [1.807, 2.05) is 30.3 Å². The van der Waals surface area contributed by atoms with Gasteiger partial charge in [0.2, 0.25) is 0 Å². The number of aliphatic hydroxyl groups excluding tert-OH is 1. The average Bonchev–Trinajstić information content (AvgIpc) is 2.74. The second-order valence-electron chi connectivity index (χ2n) is 10.3. The van der Waals surface area contributed by atoms with Gasteiger partial charge in [-0.15, -0.1) is 0 Å². The number of carbonyl (C=O) groups is 1. The molecular formula is C25H31F3N2O6S. The topological polar surface area (TPSA) is 105 Å². The summed E-state index contributed by atoms with van der Waals surface area (Å²) in [6.45, 7) is 8.39. The lowest BCUT2D eigenvalue weighted by Crippen LogP contribution is -2.55. The lowest BCUT2D eigenvalue weighted by molar-refractivity contribution is -0.0937. The highest BCUT2D eigenvalue weighted by Crippen LogP contribution is 2.44. The summed E-state index contributed by atoms with van der Waals surface area (Å²) in [5.41, 5.74) is -6.78. The lowest BCUT2D eigenvalue weighted by Gasteiger charge is -2.46. The third-order valence-electron chi connectivity index (χ3n) is 5.72. The molecule has 3 rings (SSSR count). The number of anilines is 1. The maximum atomic E-state index is 13.3. The van der Waals surface area contributed by atoms with Gasteiger partial charge in [-0.3, -0.25) is 9.62 Å². The van der Waals surface area contributed by atoms with Gasteiger partial charge >= 0.3 is 21.6 Å². The molecule has 0 aliphatic carbocycles. The van der Waals surface area contributed by atoms with Crippen molar-refractivity contribution < 1.29 is 41.0 Å². The first-order valence-electron chi connectivity index (χ1n) is 11.5. The Kier molecular flexibility index (Phi) is 7.76. The monoisotopic (exact) mass is 544 g/mol. The lowest BCUT2D eigenvalue weighted by atomic mass is 9.85. The summed E-state index contributed by atoms with van der Waals surface area (Å²) >= 11 is 0. The van der Waals surface area contributed by atoms with Crippen LogP contribution in [0.3, 0.4) is 0 Å². The molecule has 0 radical (unpaired) electrons. The average molecular weight is 545 g/mol. The second-order valence-corrected chi connectivity index (χ2v) is 12.0. The number of hydrogen-bond donors (Lipinski definition) is 2. The molecule has 0 aromatic heterocycles. The molecule has 0 unspecified atom stereocenters. The van der Waals surface area contributed by atoms with Gasteiger partial charge in [-0.1, -0.05) is 36.4 Å². The van der Waals surface area contributed by atoms with E-state index in [0.717, 1.165) is 17.7 Å². The number of halogens is 3. The normalized spacial score (nSPS) is 19.4. The molecule has 2 atom stereocenters. The van der Waals surface area contributed by atoms with Crippen LogP contribution in [0.5, 0.6) is 5.75 Å². The van der Waals surface area contributed by atoms with E-state index < -0.39 is 45.0 Å². The van der Waals surface area contributed by atoms with E-state index in [0.29, 0.717) is 12.0 Å². The maximum absolute atomic E-state index is 13.3. The van der Waals surface area contributed by atoms with E-state index in [4.69, 9.17) is 9.47 Å². The van der Waals surface area contributed by atoms with E-state index in [9.17, 15) is 31.5 Å². The number of nitrogens with zero attached hydrogens (tertiary/aromatic N) is 1. The number of ether oxygens (including phenoxy) is 2. The fourth-order valence-corrected chi connectivity index (χ4v) is 4.49. The molecule has 12 heteroatoms. The molecule has 2 aromatic carbocycles. The van der Waals surface area contributed by atoms with Gasteiger partial charge in [0.05, 0.1) is 11.7 Å². The largest absolute Gasteiger partial charge is 0.516 e. The van der Waals surface area contributed by atoms with Crippen LogP contribution in [-0.2, 0) is 21.2 Å². The predicted octanol–water partition coefficient (Wildman–Crippen LogP) is 5.00. The molecule has 1 amide bonds. The first-order chi connectivity index (χ1) is 16.9. The number of sulfonamides is 1. The van der Waals surface area contributed by atoms with E-state index in [1.54, 1.807) is 34.6 Å². The molecular weight excluding hydrogens is 513 g/mol. The first-order valence-corrected chi connectivity index (χ1v) is 13.0. The van der Waals surface area contributed by atoms with Gasteiger partial charge in [-0.25, -0.2) is 4.79 Å². The Morgan fingerprint density at radius 1 is 1.14 bits per heavy atom. The number of benzene rings is 2. The Labute approximate surface area is 214 Å². The van der Waals surface area contributed by atoms with Crippen molar-refractivity contribution in [1.29, 1.82) is 0 Å². The number of carbonyl (C=O) groups excluding carboxylic acids is 1. The van der Waals surface area contributed by atoms with Gasteiger partial charge in [0.15, 0.2) is 0 Å². The fourth-order valence-electron chi connectivity index (χ4n) is 3.93. The molecule has 0 spiro atoms. The summed E-state index contributed by atoms with van der Waals surface area (Å²) < 4.78 is 74.8. The summed E-state index contributed by atoms with van der Waals surface area (Å²) in [7, 11) is -5.66. The zero-order valence-corrected chi connectivity index (χ0v) is 22.0. The number of rotatable bonds is 6. The molecule has 8 nitrogen and oxygen atoms in total. The molecule has 1 heterocycles. The van der Waals surface area contributed by atoms with Crippen molar-refractivity contribution in [2.45, 2.75) is 69.9 Å². The molecule has 0 bridgehead atoms. The van der Waals surface area contributed by atoms with Crippen molar-refractivity contribution in [3.63, 3.8) is 0 Å². The van der Waals surface area contributed by atoms with Crippen LogP contribution in [-0.4, -0.2) is 53.9 Å². The van der Waals surface area contributed by atoms with Crippen LogP contribution in [0.2, 0.25) is 0 Å². The molecule has 37 heavy (non-hydrogen) atoms. The Morgan fingerprint density at radius 3 is 2.32 bits per heavy atom. The smallest absolute Gasteiger partial charge is 0.485 e. The summed E-state index contributed by atoms with van der Waals surface area (Å²) in [5, 5.41) is 11.3. The van der Waals surface area contributed by atoms with Crippen molar-refractivity contribution in [2.75, 3.05) is 11.3 Å². The molecule has 1 aliphatic heterocycles. The van der Waals surface area contributed by atoms with E-state index in [2.05, 4.69) is 0 Å². The molecule has 0 fully saturated rings. The van der Waals surface area contributed by atoms with Crippen molar-refractivity contribution in [1.82, 2.24) is 4.90 Å². The molecule has 0 saturated heterocycles. The molecule has 0 saturated carbocycles. The third-order valence-corrected chi connectivity index (χ3v) is 6.84. The minimum absolute atomic E-state index is 0.0240. The standard InChI is InChI=1S/C25H31F3N2O6S/c1-23(2,3)36-22(32)30(14-13-16-9-7-6-8-10-16)20-18-12-11-17(29-37(33,34)25(26,27)28)15-19(18)35-24(4,5)21(20)31/h6-12,15,20-21,29,31H,13-14H2,1-5H3/t20-,21+/m0/s1. The number of aliphatic hydroxyl groups is 1. The van der Waals surface area contributed by atoms with E-state index >= 15 is 0 Å². The molecule has 2 N–H and O–H groups in total. The van der Waals surface area contributed by atoms with Gasteiger partial charge in [-0.2, -0.15) is 21.6 Å². The van der Waals surface area contributed by atoms with Gasteiger partial charge in [-0.05, 0) is 52.7 Å². The van der Waals surface area contributed by atoms with Crippen LogP contribution >= 0.6 is 0 Å². The molecule has 204 valence electrons. The highest BCUT2D eigenvalue weighted by Gasteiger charge is 2.49. The minimum Gasteiger partial charge on any atom is -0.485 e. The molecule has 2 aromatic rings. The zero-order valence-electron chi connectivity index (χ0n) is 21.2. The van der Waals surface area contributed by atoms with Crippen molar-refractivity contribution in [3.8, 4) is 5.75 Å². The number of nitrogens with one attached hydrogen (secondary N) is 1. The SMILES string of the molecule is CC(C)(C)OC(=O)N(CCc1ccccc1)[C@H]1c2ccc(NS(=O)(=O)C(F)(F)F)cc2OC(C)(C)[C@@H]1O. The van der Waals surface area contributed by atoms with Gasteiger partial charge in [0.25, 0.3) is 0 Å². The van der Waals surface area contributed by atoms with Gasteiger partial charge in [0.1, 0.15) is 23.1 Å². The van der Waals surface area contributed by atoms with Gasteiger partial charge in [0, 0.05) is 18.2 Å². The summed E-state index contributed by atoms with van der Waals surface area (Å²) in [4.78, 5) is 14.7. The Hall–Kier alpha value is -2.99. The Balaban J connectivity index is 2.04. The molecule has 1 aliphatic rings. The number of hydrogen-bond acceptors (Lipinski definition) is 6. The second kappa shape index (κ2) is 10.1. The van der Waals surface area contributed by atoms with Crippen molar-refractivity contribution in [3.05, 3.63) is 59.7 Å². The Morgan fingerprint density at radius 2 is 1.76 bits per heavy atom. The summed E-state index contributed by atoms with van der Waals surface area (Å²) in [6.07, 6.45) is -1.51. The number of amides is 1. The quantitative estimate of drug-likeness (QED) is 0.530. The van der Waals surface area contributed by atoms with Crippen molar-refractivity contribution >= 4 is 21.8 Å². The number of alkyl halides is 3. The highest BCUT2D eigenvalue weighted by atomic mass is 32.2. The highest BCUT2D eigenvalue weighted by molar-refractivity contribution is 7.93. The van der Waals surface area contributed by atoms with Gasteiger partial charge < -0.3 is 14.6 Å². The van der Waals surface area contributed by atoms with Crippen LogP contribution in [0.15, 0.2) is 48.5 Å².